The van der Waals surface area contributed by atoms with Crippen molar-refractivity contribution in [1.82, 2.24) is 0 Å². The van der Waals surface area contributed by atoms with Crippen LogP contribution in [0.2, 0.25) is 0 Å². The number of benzene rings is 3. The van der Waals surface area contributed by atoms with E-state index < -0.39 is 0 Å². The van der Waals surface area contributed by atoms with Gasteiger partial charge in [0.2, 0.25) is 0 Å². The number of rotatable bonds is 1. The van der Waals surface area contributed by atoms with Crippen LogP contribution >= 0.6 is 0 Å². The Hall–Kier alpha value is -4.44. The maximum atomic E-state index is 9.53. The van der Waals surface area contributed by atoms with E-state index in [0.29, 0.717) is 22.3 Å². The number of hydrogen-bond donors (Lipinski definition) is 0. The molecule has 3 heteroatoms. The fourth-order valence-corrected chi connectivity index (χ4v) is 2.63. The highest BCUT2D eigenvalue weighted by molar-refractivity contribution is 5.61. The van der Waals surface area contributed by atoms with Crippen LogP contribution in [0.1, 0.15) is 33.4 Å². The Bertz CT molecular complexity index is 1230. The molecule has 0 aliphatic carbocycles. The van der Waals surface area contributed by atoms with E-state index in [1.165, 1.54) is 0 Å². The first-order valence-electron chi connectivity index (χ1n) is 8.95. The topological polar surface area (TPSA) is 50.8 Å². The molecule has 29 heavy (non-hydrogen) atoms. The van der Waals surface area contributed by atoms with Crippen LogP contribution in [-0.4, -0.2) is 14.1 Å². The van der Waals surface area contributed by atoms with Gasteiger partial charge in [-0.15, -0.1) is 0 Å². The molecule has 136 valence electrons. The van der Waals surface area contributed by atoms with Gasteiger partial charge in [0.1, 0.15) is 12.1 Å². The van der Waals surface area contributed by atoms with Crippen molar-refractivity contribution in [3.63, 3.8) is 0 Å². The van der Waals surface area contributed by atoms with E-state index in [-0.39, 0.29) is 0 Å². The van der Waals surface area contributed by atoms with Crippen molar-refractivity contribution in [3.05, 3.63) is 100 Å². The second-order valence-electron chi connectivity index (χ2n) is 6.47. The molecule has 0 saturated carbocycles. The highest BCUT2D eigenvalue weighted by Gasteiger charge is 2.07. The molecule has 0 bridgehead atoms. The summed E-state index contributed by atoms with van der Waals surface area (Å²) in [6.07, 6.45) is 0. The fourth-order valence-electron chi connectivity index (χ4n) is 2.63. The number of nitrogens with zero attached hydrogens (tertiary/aromatic N) is 3. The number of hydrogen-bond acceptors (Lipinski definition) is 3. The Balaban J connectivity index is 1.97. The summed E-state index contributed by atoms with van der Waals surface area (Å²) >= 11 is 0. The van der Waals surface area contributed by atoms with Gasteiger partial charge >= 0.3 is 0 Å². The first-order valence-corrected chi connectivity index (χ1v) is 8.95. The molecule has 3 aromatic rings. The summed E-state index contributed by atoms with van der Waals surface area (Å²) in [6.45, 7) is 0. The molecule has 0 spiro atoms. The third-order valence-electron chi connectivity index (χ3n) is 4.24. The maximum Gasteiger partial charge on any atom is 0.100 e. The lowest BCUT2D eigenvalue weighted by molar-refractivity contribution is 1.13. The molecule has 0 fully saturated rings. The Morgan fingerprint density at radius 2 is 1.07 bits per heavy atom. The zero-order valence-corrected chi connectivity index (χ0v) is 16.2. The van der Waals surface area contributed by atoms with E-state index in [1.54, 1.807) is 12.1 Å². The molecular weight excluding hydrogens is 354 g/mol. The average molecular weight is 371 g/mol. The van der Waals surface area contributed by atoms with Crippen molar-refractivity contribution in [2.75, 3.05) is 19.0 Å². The minimum atomic E-state index is 0.402. The maximum absolute atomic E-state index is 9.53. The molecule has 0 aromatic heterocycles. The summed E-state index contributed by atoms with van der Waals surface area (Å²) in [5.74, 6) is 12.1. The largest absolute Gasteiger partial charge is 0.378 e. The lowest BCUT2D eigenvalue weighted by Gasteiger charge is -2.11. The third-order valence-corrected chi connectivity index (χ3v) is 4.24. The lowest BCUT2D eigenvalue weighted by Crippen LogP contribution is -2.07. The molecule has 0 unspecified atom stereocenters. The van der Waals surface area contributed by atoms with Gasteiger partial charge in [0.05, 0.1) is 11.1 Å². The van der Waals surface area contributed by atoms with Crippen LogP contribution in [-0.2, 0) is 0 Å². The SMILES string of the molecule is CN(C)c1ccc(C#Cc2cc(C#N)c(C#Cc3ccccc3)cc2C#N)cc1. The summed E-state index contributed by atoms with van der Waals surface area (Å²) in [5, 5.41) is 19.0. The summed E-state index contributed by atoms with van der Waals surface area (Å²) in [4.78, 5) is 2.01. The number of nitriles is 2. The van der Waals surface area contributed by atoms with Crippen LogP contribution in [0.25, 0.3) is 0 Å². The summed E-state index contributed by atoms with van der Waals surface area (Å²) in [5.41, 5.74) is 4.62. The van der Waals surface area contributed by atoms with Crippen molar-refractivity contribution in [1.29, 1.82) is 10.5 Å². The minimum Gasteiger partial charge on any atom is -0.378 e. The smallest absolute Gasteiger partial charge is 0.100 e. The van der Waals surface area contributed by atoms with Gasteiger partial charge in [0.15, 0.2) is 0 Å². The highest BCUT2D eigenvalue weighted by Crippen LogP contribution is 2.16. The molecule has 0 radical (unpaired) electrons. The molecule has 0 saturated heterocycles. The Morgan fingerprint density at radius 3 is 1.52 bits per heavy atom. The van der Waals surface area contributed by atoms with Gasteiger partial charge in [-0.1, -0.05) is 41.9 Å². The summed E-state index contributed by atoms with van der Waals surface area (Å²) < 4.78 is 0. The van der Waals surface area contributed by atoms with Gasteiger partial charge < -0.3 is 4.90 Å². The van der Waals surface area contributed by atoms with Gasteiger partial charge in [0, 0.05) is 42.0 Å². The van der Waals surface area contributed by atoms with E-state index in [4.69, 9.17) is 0 Å². The number of anilines is 1. The normalized spacial score (nSPS) is 9.10. The molecule has 3 aromatic carbocycles. The predicted octanol–water partition coefficient (Wildman–Crippen LogP) is 4.30. The van der Waals surface area contributed by atoms with Crippen LogP contribution in [0.5, 0.6) is 0 Å². The van der Waals surface area contributed by atoms with E-state index >= 15 is 0 Å². The van der Waals surface area contributed by atoms with Crippen molar-refractivity contribution in [3.8, 4) is 35.8 Å². The second-order valence-corrected chi connectivity index (χ2v) is 6.47. The van der Waals surface area contributed by atoms with Gasteiger partial charge in [-0.2, -0.15) is 10.5 Å². The molecule has 0 N–H and O–H groups in total. The van der Waals surface area contributed by atoms with Crippen molar-refractivity contribution < 1.29 is 0 Å². The minimum absolute atomic E-state index is 0.402. The zero-order chi connectivity index (χ0) is 20.6. The first-order chi connectivity index (χ1) is 14.1. The van der Waals surface area contributed by atoms with E-state index in [2.05, 4.69) is 35.8 Å². The second kappa shape index (κ2) is 8.97. The van der Waals surface area contributed by atoms with Gasteiger partial charge in [0.25, 0.3) is 0 Å². The van der Waals surface area contributed by atoms with Crippen LogP contribution in [0.3, 0.4) is 0 Å². The fraction of sp³-hybridized carbons (Fsp3) is 0.0769. The monoisotopic (exact) mass is 371 g/mol. The van der Waals surface area contributed by atoms with Crippen LogP contribution < -0.4 is 4.90 Å². The Kier molecular flexibility index (Phi) is 5.98. The van der Waals surface area contributed by atoms with Gasteiger partial charge in [-0.05, 0) is 48.5 Å². The van der Waals surface area contributed by atoms with Crippen LogP contribution in [0, 0.1) is 46.3 Å². The van der Waals surface area contributed by atoms with Crippen molar-refractivity contribution in [2.24, 2.45) is 0 Å². The van der Waals surface area contributed by atoms with E-state index in [9.17, 15) is 10.5 Å². The van der Waals surface area contributed by atoms with E-state index in [0.717, 1.165) is 16.8 Å². The zero-order valence-electron chi connectivity index (χ0n) is 16.2. The molecular formula is C26H17N3. The Morgan fingerprint density at radius 1 is 0.586 bits per heavy atom. The van der Waals surface area contributed by atoms with E-state index in [1.807, 2.05) is 73.6 Å². The third kappa shape index (κ3) is 4.84. The van der Waals surface area contributed by atoms with Crippen LogP contribution in [0.4, 0.5) is 5.69 Å². The predicted molar refractivity (Wildman–Crippen MR) is 115 cm³/mol. The van der Waals surface area contributed by atoms with Gasteiger partial charge in [-0.25, -0.2) is 0 Å². The summed E-state index contributed by atoms with van der Waals surface area (Å²) in [6, 6.07) is 24.9. The van der Waals surface area contributed by atoms with Crippen LogP contribution in [0.15, 0.2) is 66.7 Å². The lowest BCUT2D eigenvalue weighted by atomic mass is 9.99. The van der Waals surface area contributed by atoms with Crippen molar-refractivity contribution >= 4 is 5.69 Å². The quantitative estimate of drug-likeness (QED) is 0.600. The molecule has 0 amide bonds. The average Bonchev–Trinajstić information content (AvgIpc) is 2.77. The highest BCUT2D eigenvalue weighted by atomic mass is 15.1. The summed E-state index contributed by atoms with van der Waals surface area (Å²) in [7, 11) is 3.96. The molecule has 0 atom stereocenters. The Labute approximate surface area is 171 Å². The van der Waals surface area contributed by atoms with Crippen molar-refractivity contribution in [2.45, 2.75) is 0 Å². The first kappa shape index (κ1) is 19.3. The molecule has 0 aliphatic heterocycles. The molecule has 0 heterocycles. The molecule has 3 nitrogen and oxygen atoms in total. The molecule has 3 rings (SSSR count). The standard InChI is InChI=1S/C26H17N3/c1-29(2)26-14-10-21(11-15-26)9-13-23-17-24(18-27)22(16-25(23)19-28)12-8-20-6-4-3-5-7-20/h3-7,10-11,14-17H,1-2H3. The molecule has 0 aliphatic rings. The van der Waals surface area contributed by atoms with Gasteiger partial charge in [-0.3, -0.25) is 0 Å².